The van der Waals surface area contributed by atoms with Crippen molar-refractivity contribution < 1.29 is 4.74 Å². The van der Waals surface area contributed by atoms with Crippen LogP contribution in [0.15, 0.2) is 11.4 Å². The molecule has 2 N–H and O–H groups in total. The monoisotopic (exact) mass is 185 g/mol. The van der Waals surface area contributed by atoms with Gasteiger partial charge in [-0.2, -0.15) is 0 Å². The molecule has 3 heteroatoms. The molecule has 68 valence electrons. The summed E-state index contributed by atoms with van der Waals surface area (Å²) in [6.45, 7) is 2.84. The first-order valence-electron chi connectivity index (χ1n) is 4.04. The highest BCUT2D eigenvalue weighted by Crippen LogP contribution is 2.22. The Balaban J connectivity index is 2.52. The number of nitrogens with two attached hydrogens (primary N) is 1. The number of ether oxygens (including phenoxy) is 1. The average molecular weight is 185 g/mol. The zero-order valence-corrected chi connectivity index (χ0v) is 8.36. The molecule has 0 aliphatic rings. The summed E-state index contributed by atoms with van der Waals surface area (Å²) in [4.78, 5) is 1.32. The molecule has 0 aliphatic heterocycles. The predicted molar refractivity (Wildman–Crippen MR) is 52.5 cm³/mol. The van der Waals surface area contributed by atoms with Crippen LogP contribution in [-0.2, 0) is 4.74 Å². The number of thiophene rings is 1. The van der Waals surface area contributed by atoms with E-state index in [4.69, 9.17) is 10.5 Å². The Labute approximate surface area is 77.3 Å². The summed E-state index contributed by atoms with van der Waals surface area (Å²) in [6.07, 6.45) is 0.897. The van der Waals surface area contributed by atoms with Gasteiger partial charge in [0.05, 0.1) is 0 Å². The first-order valence-corrected chi connectivity index (χ1v) is 4.92. The minimum Gasteiger partial charge on any atom is -0.385 e. The third-order valence-electron chi connectivity index (χ3n) is 1.93. The highest BCUT2D eigenvalue weighted by Gasteiger charge is 2.08. The van der Waals surface area contributed by atoms with Crippen molar-refractivity contribution in [3.8, 4) is 0 Å². The van der Waals surface area contributed by atoms with Crippen LogP contribution in [0.1, 0.15) is 22.9 Å². The van der Waals surface area contributed by atoms with Crippen molar-refractivity contribution in [1.82, 2.24) is 0 Å². The third kappa shape index (κ3) is 2.30. The van der Waals surface area contributed by atoms with Crippen LogP contribution in [0.25, 0.3) is 0 Å². The van der Waals surface area contributed by atoms with Crippen LogP contribution in [0.5, 0.6) is 0 Å². The molecule has 0 spiro atoms. The molecule has 12 heavy (non-hydrogen) atoms. The van der Waals surface area contributed by atoms with Gasteiger partial charge in [0, 0.05) is 24.6 Å². The lowest BCUT2D eigenvalue weighted by molar-refractivity contribution is 0.188. The summed E-state index contributed by atoms with van der Waals surface area (Å²) in [5.41, 5.74) is 7.21. The summed E-state index contributed by atoms with van der Waals surface area (Å²) in [5.74, 6) is 0. The fraction of sp³-hybridized carbons (Fsp3) is 0.556. The van der Waals surface area contributed by atoms with E-state index in [1.807, 2.05) is 0 Å². The zero-order chi connectivity index (χ0) is 8.97. The van der Waals surface area contributed by atoms with Crippen molar-refractivity contribution in [2.24, 2.45) is 5.73 Å². The Morgan fingerprint density at radius 3 is 2.92 bits per heavy atom. The van der Waals surface area contributed by atoms with E-state index < -0.39 is 0 Å². The number of hydrogen-bond acceptors (Lipinski definition) is 3. The van der Waals surface area contributed by atoms with Gasteiger partial charge in [-0.05, 0) is 30.4 Å². The van der Waals surface area contributed by atoms with Crippen molar-refractivity contribution >= 4 is 11.3 Å². The molecular weight excluding hydrogens is 170 g/mol. The van der Waals surface area contributed by atoms with Crippen LogP contribution in [0.4, 0.5) is 0 Å². The van der Waals surface area contributed by atoms with Crippen molar-refractivity contribution in [1.29, 1.82) is 0 Å². The van der Waals surface area contributed by atoms with Crippen LogP contribution < -0.4 is 5.73 Å². The molecule has 1 atom stereocenters. The highest BCUT2D eigenvalue weighted by molar-refractivity contribution is 7.10. The van der Waals surface area contributed by atoms with Gasteiger partial charge in [0.25, 0.3) is 0 Å². The second-order valence-corrected chi connectivity index (χ2v) is 3.94. The van der Waals surface area contributed by atoms with E-state index in [9.17, 15) is 0 Å². The van der Waals surface area contributed by atoms with Crippen LogP contribution in [-0.4, -0.2) is 13.7 Å². The molecule has 1 aromatic heterocycles. The molecule has 2 nitrogen and oxygen atoms in total. The van der Waals surface area contributed by atoms with Gasteiger partial charge in [-0.25, -0.2) is 0 Å². The van der Waals surface area contributed by atoms with Gasteiger partial charge in [-0.15, -0.1) is 11.3 Å². The van der Waals surface area contributed by atoms with Gasteiger partial charge in [0.1, 0.15) is 0 Å². The van der Waals surface area contributed by atoms with Gasteiger partial charge in [0.15, 0.2) is 0 Å². The van der Waals surface area contributed by atoms with Gasteiger partial charge >= 0.3 is 0 Å². The van der Waals surface area contributed by atoms with Crippen molar-refractivity contribution in [2.45, 2.75) is 19.4 Å². The molecule has 0 saturated heterocycles. The van der Waals surface area contributed by atoms with E-state index in [-0.39, 0.29) is 6.04 Å². The van der Waals surface area contributed by atoms with Crippen LogP contribution in [0.3, 0.4) is 0 Å². The van der Waals surface area contributed by atoms with E-state index >= 15 is 0 Å². The molecule has 0 bridgehead atoms. The normalized spacial score (nSPS) is 13.2. The Bertz CT molecular complexity index is 234. The number of rotatable bonds is 4. The molecular formula is C9H15NOS. The maximum absolute atomic E-state index is 5.95. The van der Waals surface area contributed by atoms with E-state index in [1.54, 1.807) is 18.4 Å². The van der Waals surface area contributed by atoms with E-state index in [0.29, 0.717) is 0 Å². The van der Waals surface area contributed by atoms with Crippen molar-refractivity contribution in [3.63, 3.8) is 0 Å². The molecule has 0 radical (unpaired) electrons. The molecule has 1 aromatic rings. The second-order valence-electron chi connectivity index (χ2n) is 2.82. The summed E-state index contributed by atoms with van der Waals surface area (Å²) < 4.78 is 4.97. The molecule has 1 unspecified atom stereocenters. The SMILES string of the molecule is COCCC(N)c1ccsc1C. The maximum Gasteiger partial charge on any atom is 0.0480 e. The topological polar surface area (TPSA) is 35.2 Å². The highest BCUT2D eigenvalue weighted by atomic mass is 32.1. The van der Waals surface area contributed by atoms with Crippen molar-refractivity contribution in [2.75, 3.05) is 13.7 Å². The quantitative estimate of drug-likeness (QED) is 0.779. The first-order chi connectivity index (χ1) is 5.75. The predicted octanol–water partition coefficient (Wildman–Crippen LogP) is 2.09. The molecule has 0 fully saturated rings. The Morgan fingerprint density at radius 2 is 2.42 bits per heavy atom. The minimum absolute atomic E-state index is 0.135. The Morgan fingerprint density at radius 1 is 1.67 bits per heavy atom. The van der Waals surface area contributed by atoms with Crippen molar-refractivity contribution in [3.05, 3.63) is 21.9 Å². The zero-order valence-electron chi connectivity index (χ0n) is 7.54. The molecule has 0 amide bonds. The first kappa shape index (κ1) is 9.71. The third-order valence-corrected chi connectivity index (χ3v) is 2.79. The summed E-state index contributed by atoms with van der Waals surface area (Å²) in [5, 5.41) is 2.08. The lowest BCUT2D eigenvalue weighted by atomic mass is 10.1. The molecule has 1 rings (SSSR count). The fourth-order valence-electron chi connectivity index (χ4n) is 1.18. The number of methoxy groups -OCH3 is 1. The van der Waals surface area contributed by atoms with E-state index in [2.05, 4.69) is 18.4 Å². The number of aryl methyl sites for hydroxylation is 1. The van der Waals surface area contributed by atoms with E-state index in [1.165, 1.54) is 10.4 Å². The molecule has 1 heterocycles. The summed E-state index contributed by atoms with van der Waals surface area (Å²) in [6, 6.07) is 2.23. The Kier molecular flexibility index (Phi) is 3.72. The molecule has 0 aromatic carbocycles. The fourth-order valence-corrected chi connectivity index (χ4v) is 1.95. The minimum atomic E-state index is 0.135. The van der Waals surface area contributed by atoms with Crippen LogP contribution in [0, 0.1) is 6.92 Å². The number of hydrogen-bond donors (Lipinski definition) is 1. The van der Waals surface area contributed by atoms with Crippen LogP contribution in [0.2, 0.25) is 0 Å². The smallest absolute Gasteiger partial charge is 0.0480 e. The molecule has 0 aliphatic carbocycles. The van der Waals surface area contributed by atoms with Gasteiger partial charge < -0.3 is 10.5 Å². The summed E-state index contributed by atoms with van der Waals surface area (Å²) in [7, 11) is 1.70. The van der Waals surface area contributed by atoms with Gasteiger partial charge in [-0.1, -0.05) is 0 Å². The Hall–Kier alpha value is -0.380. The van der Waals surface area contributed by atoms with E-state index in [0.717, 1.165) is 13.0 Å². The maximum atomic E-state index is 5.95. The van der Waals surface area contributed by atoms with Crippen LogP contribution >= 0.6 is 11.3 Å². The van der Waals surface area contributed by atoms with Gasteiger partial charge in [-0.3, -0.25) is 0 Å². The lowest BCUT2D eigenvalue weighted by Crippen LogP contribution is -2.12. The second kappa shape index (κ2) is 4.60. The van der Waals surface area contributed by atoms with Gasteiger partial charge in [0.2, 0.25) is 0 Å². The average Bonchev–Trinajstić information content (AvgIpc) is 2.47. The standard InChI is InChI=1S/C9H15NOS/c1-7-8(4-6-12-7)9(10)3-5-11-2/h4,6,9H,3,5,10H2,1-2H3. The molecule has 0 saturated carbocycles. The largest absolute Gasteiger partial charge is 0.385 e. The summed E-state index contributed by atoms with van der Waals surface area (Å²) >= 11 is 1.75. The lowest BCUT2D eigenvalue weighted by Gasteiger charge is -2.09.